The van der Waals surface area contributed by atoms with Gasteiger partial charge in [-0.15, -0.1) is 5.10 Å². The molecule has 7 nitrogen and oxygen atoms in total. The predicted octanol–water partition coefficient (Wildman–Crippen LogP) is 2.69. The molecule has 1 saturated heterocycles. The Labute approximate surface area is 149 Å². The largest absolute Gasteiger partial charge is 0.378 e. The minimum Gasteiger partial charge on any atom is -0.378 e. The molecule has 0 spiro atoms. The van der Waals surface area contributed by atoms with Gasteiger partial charge in [-0.1, -0.05) is 25.5 Å². The molecule has 0 unspecified atom stereocenters. The molecule has 0 atom stereocenters. The zero-order valence-corrected chi connectivity index (χ0v) is 15.0. The lowest BCUT2D eigenvalue weighted by Crippen LogP contribution is -2.36. The van der Waals surface area contributed by atoms with Gasteiger partial charge in [-0.3, -0.25) is 0 Å². The van der Waals surface area contributed by atoms with Crippen molar-refractivity contribution in [1.29, 1.82) is 0 Å². The molecule has 1 aliphatic rings. The van der Waals surface area contributed by atoms with Crippen LogP contribution in [0.5, 0.6) is 0 Å². The molecule has 0 radical (unpaired) electrons. The van der Waals surface area contributed by atoms with Crippen LogP contribution in [0.1, 0.15) is 19.8 Å². The molecule has 3 rings (SSSR count). The molecule has 1 aromatic carbocycles. The Hall–Kier alpha value is -2.41. The first kappa shape index (κ1) is 17.4. The smallest absolute Gasteiger partial charge is 0.249 e. The fourth-order valence-electron chi connectivity index (χ4n) is 2.82. The molecule has 0 amide bonds. The molecule has 134 valence electrons. The fraction of sp³-hybridized carbons (Fsp3) is 0.500. The van der Waals surface area contributed by atoms with Crippen molar-refractivity contribution in [3.05, 3.63) is 30.5 Å². The van der Waals surface area contributed by atoms with E-state index in [-0.39, 0.29) is 0 Å². The molecule has 1 aliphatic heterocycles. The lowest BCUT2D eigenvalue weighted by molar-refractivity contribution is 0.123. The van der Waals surface area contributed by atoms with Crippen molar-refractivity contribution in [2.75, 3.05) is 55.0 Å². The van der Waals surface area contributed by atoms with Crippen molar-refractivity contribution >= 4 is 23.1 Å². The number of rotatable bonds is 7. The maximum absolute atomic E-state index is 5.45. The van der Waals surface area contributed by atoms with Crippen molar-refractivity contribution in [2.24, 2.45) is 0 Å². The second kappa shape index (κ2) is 8.62. The van der Waals surface area contributed by atoms with E-state index >= 15 is 0 Å². The number of morpholine rings is 1. The van der Waals surface area contributed by atoms with E-state index in [4.69, 9.17) is 4.74 Å². The maximum Gasteiger partial charge on any atom is 0.249 e. The first-order valence-corrected chi connectivity index (χ1v) is 8.87. The minimum atomic E-state index is 0.515. The van der Waals surface area contributed by atoms with Crippen molar-refractivity contribution in [2.45, 2.75) is 19.8 Å². The van der Waals surface area contributed by atoms with Crippen LogP contribution in [0.25, 0.3) is 0 Å². The van der Waals surface area contributed by atoms with Crippen molar-refractivity contribution in [3.63, 3.8) is 0 Å². The molecule has 2 aromatic rings. The third kappa shape index (κ3) is 4.57. The van der Waals surface area contributed by atoms with Gasteiger partial charge in [0.25, 0.3) is 0 Å². The van der Waals surface area contributed by atoms with Crippen LogP contribution in [0.4, 0.5) is 23.1 Å². The highest BCUT2D eigenvalue weighted by atomic mass is 16.5. The van der Waals surface area contributed by atoms with Gasteiger partial charge < -0.3 is 19.9 Å². The van der Waals surface area contributed by atoms with Crippen LogP contribution in [-0.2, 0) is 4.74 Å². The summed E-state index contributed by atoms with van der Waals surface area (Å²) in [6.07, 6.45) is 3.98. The second-order valence-electron chi connectivity index (χ2n) is 6.15. The number of benzene rings is 1. The first-order chi connectivity index (χ1) is 12.3. The minimum absolute atomic E-state index is 0.515. The van der Waals surface area contributed by atoms with E-state index in [1.165, 1.54) is 0 Å². The lowest BCUT2D eigenvalue weighted by Gasteiger charge is -2.30. The van der Waals surface area contributed by atoms with E-state index in [0.717, 1.165) is 62.9 Å². The Bertz CT molecular complexity index is 674. The Morgan fingerprint density at radius 2 is 2.04 bits per heavy atom. The maximum atomic E-state index is 5.45. The zero-order chi connectivity index (χ0) is 17.5. The molecular formula is C18H26N6O. The highest BCUT2D eigenvalue weighted by Crippen LogP contribution is 2.28. The van der Waals surface area contributed by atoms with Gasteiger partial charge >= 0.3 is 0 Å². The summed E-state index contributed by atoms with van der Waals surface area (Å²) in [6.45, 7) is 6.42. The zero-order valence-electron chi connectivity index (χ0n) is 15.0. The highest BCUT2D eigenvalue weighted by molar-refractivity contribution is 5.73. The van der Waals surface area contributed by atoms with E-state index in [1.54, 1.807) is 6.20 Å². The molecule has 25 heavy (non-hydrogen) atoms. The Morgan fingerprint density at radius 1 is 1.24 bits per heavy atom. The van der Waals surface area contributed by atoms with Gasteiger partial charge in [0.05, 0.1) is 30.8 Å². The summed E-state index contributed by atoms with van der Waals surface area (Å²) in [5, 5.41) is 11.6. The van der Waals surface area contributed by atoms with E-state index in [1.807, 2.05) is 25.2 Å². The molecular weight excluding hydrogens is 316 g/mol. The summed E-state index contributed by atoms with van der Waals surface area (Å²) in [7, 11) is 2.03. The number of nitrogens with zero attached hydrogens (tertiary/aromatic N) is 5. The third-order valence-corrected chi connectivity index (χ3v) is 4.29. The number of hydrogen-bond donors (Lipinski definition) is 1. The molecule has 0 saturated carbocycles. The van der Waals surface area contributed by atoms with Gasteiger partial charge in [0, 0.05) is 26.7 Å². The number of hydrogen-bond acceptors (Lipinski definition) is 7. The van der Waals surface area contributed by atoms with E-state index in [0.29, 0.717) is 5.95 Å². The molecule has 7 heteroatoms. The summed E-state index contributed by atoms with van der Waals surface area (Å²) in [5.41, 5.74) is 2.12. The molecule has 1 aromatic heterocycles. The van der Waals surface area contributed by atoms with Crippen molar-refractivity contribution in [1.82, 2.24) is 15.2 Å². The predicted molar refractivity (Wildman–Crippen MR) is 101 cm³/mol. The quantitative estimate of drug-likeness (QED) is 0.830. The van der Waals surface area contributed by atoms with Gasteiger partial charge in [-0.25, -0.2) is 0 Å². The van der Waals surface area contributed by atoms with Crippen molar-refractivity contribution < 1.29 is 4.74 Å². The van der Waals surface area contributed by atoms with Gasteiger partial charge in [0.15, 0.2) is 5.82 Å². The number of unbranched alkanes of at least 4 members (excludes halogenated alkanes) is 1. The SMILES string of the molecule is CCCCN(C)c1cnnc(Nc2ccccc2N2CCOCC2)n1. The van der Waals surface area contributed by atoms with E-state index in [9.17, 15) is 0 Å². The standard InChI is InChI=1S/C18H26N6O/c1-3-4-9-23(2)17-14-19-22-18(21-17)20-15-7-5-6-8-16(15)24-10-12-25-13-11-24/h5-8,14H,3-4,9-13H2,1-2H3,(H,20,21,22). The van der Waals surface area contributed by atoms with E-state index < -0.39 is 0 Å². The van der Waals surface area contributed by atoms with Gasteiger partial charge in [-0.2, -0.15) is 10.1 Å². The van der Waals surface area contributed by atoms with Crippen LogP contribution in [0.3, 0.4) is 0 Å². The third-order valence-electron chi connectivity index (χ3n) is 4.29. The van der Waals surface area contributed by atoms with E-state index in [2.05, 4.69) is 43.3 Å². The summed E-state index contributed by atoms with van der Waals surface area (Å²) >= 11 is 0. The number of anilines is 4. The summed E-state index contributed by atoms with van der Waals surface area (Å²) in [4.78, 5) is 9.03. The molecule has 2 heterocycles. The monoisotopic (exact) mass is 342 g/mol. The van der Waals surface area contributed by atoms with Crippen LogP contribution < -0.4 is 15.1 Å². The van der Waals surface area contributed by atoms with Gasteiger partial charge in [0.2, 0.25) is 5.95 Å². The Morgan fingerprint density at radius 3 is 2.84 bits per heavy atom. The lowest BCUT2D eigenvalue weighted by atomic mass is 10.2. The Kier molecular flexibility index (Phi) is 6.00. The summed E-state index contributed by atoms with van der Waals surface area (Å²) in [6, 6.07) is 8.21. The number of aromatic nitrogens is 3. The van der Waals surface area contributed by atoms with Crippen LogP contribution >= 0.6 is 0 Å². The van der Waals surface area contributed by atoms with Crippen LogP contribution in [-0.4, -0.2) is 55.1 Å². The highest BCUT2D eigenvalue weighted by Gasteiger charge is 2.15. The van der Waals surface area contributed by atoms with Crippen LogP contribution in [0.15, 0.2) is 30.5 Å². The fourth-order valence-corrected chi connectivity index (χ4v) is 2.82. The molecule has 0 aliphatic carbocycles. The van der Waals surface area contributed by atoms with Gasteiger partial charge in [-0.05, 0) is 18.6 Å². The average molecular weight is 342 g/mol. The topological polar surface area (TPSA) is 66.4 Å². The number of nitrogens with one attached hydrogen (secondary N) is 1. The molecule has 1 N–H and O–H groups in total. The first-order valence-electron chi connectivity index (χ1n) is 8.87. The number of para-hydroxylation sites is 2. The van der Waals surface area contributed by atoms with Crippen LogP contribution in [0.2, 0.25) is 0 Å². The summed E-state index contributed by atoms with van der Waals surface area (Å²) in [5.74, 6) is 1.34. The average Bonchev–Trinajstić information content (AvgIpc) is 2.67. The van der Waals surface area contributed by atoms with Crippen molar-refractivity contribution in [3.8, 4) is 0 Å². The summed E-state index contributed by atoms with van der Waals surface area (Å²) < 4.78 is 5.45. The number of ether oxygens (including phenoxy) is 1. The normalized spacial score (nSPS) is 14.4. The Balaban J connectivity index is 1.76. The molecule has 1 fully saturated rings. The van der Waals surface area contributed by atoms with Gasteiger partial charge in [0.1, 0.15) is 0 Å². The van der Waals surface area contributed by atoms with Crippen LogP contribution in [0, 0.1) is 0 Å². The molecule has 0 bridgehead atoms. The second-order valence-corrected chi connectivity index (χ2v) is 6.15.